The van der Waals surface area contributed by atoms with Gasteiger partial charge in [0.2, 0.25) is 0 Å². The molecule has 1 aliphatic heterocycles. The average molecular weight is 301 g/mol. The molecule has 1 aromatic carbocycles. The fraction of sp³-hybridized carbons (Fsp3) is 0.500. The number of carbonyl (C=O) groups excluding carboxylic acids is 1. The molecule has 1 aliphatic rings. The van der Waals surface area contributed by atoms with Crippen molar-refractivity contribution < 1.29 is 4.79 Å². The Bertz CT molecular complexity index is 685. The maximum atomic E-state index is 12.4. The Morgan fingerprint density at radius 3 is 2.95 bits per heavy atom. The van der Waals surface area contributed by atoms with Crippen molar-refractivity contribution in [3.05, 3.63) is 29.5 Å². The molecule has 2 N–H and O–H groups in total. The van der Waals surface area contributed by atoms with E-state index in [9.17, 15) is 4.79 Å². The van der Waals surface area contributed by atoms with Crippen molar-refractivity contribution in [3.63, 3.8) is 0 Å². The predicted molar refractivity (Wildman–Crippen MR) is 86.8 cm³/mol. The van der Waals surface area contributed by atoms with Gasteiger partial charge in [-0.1, -0.05) is 12.1 Å². The van der Waals surface area contributed by atoms with Crippen molar-refractivity contribution in [1.29, 1.82) is 0 Å². The molecule has 1 aromatic heterocycles. The number of benzene rings is 1. The predicted octanol–water partition coefficient (Wildman–Crippen LogP) is 1.48. The third-order valence-corrected chi connectivity index (χ3v) is 4.16. The van der Waals surface area contributed by atoms with E-state index in [4.69, 9.17) is 5.10 Å². The Morgan fingerprint density at radius 1 is 1.45 bits per heavy atom. The van der Waals surface area contributed by atoms with Gasteiger partial charge in [0, 0.05) is 31.7 Å². The first-order valence-electron chi connectivity index (χ1n) is 7.75. The summed E-state index contributed by atoms with van der Waals surface area (Å²) in [5.41, 5.74) is 5.32. The molecule has 0 spiro atoms. The maximum absolute atomic E-state index is 12.4. The molecule has 0 saturated carbocycles. The lowest BCUT2D eigenvalue weighted by Gasteiger charge is -2.24. The number of aromatic nitrogens is 2. The van der Waals surface area contributed by atoms with E-state index in [2.05, 4.69) is 22.3 Å². The van der Waals surface area contributed by atoms with Gasteiger partial charge >= 0.3 is 0 Å². The second-order valence-electron chi connectivity index (χ2n) is 6.07. The summed E-state index contributed by atoms with van der Waals surface area (Å²) < 4.78 is 2.09. The number of amides is 1. The molecule has 0 radical (unpaired) electrons. The fourth-order valence-corrected chi connectivity index (χ4v) is 3.09. The van der Waals surface area contributed by atoms with E-state index in [0.29, 0.717) is 11.6 Å². The van der Waals surface area contributed by atoms with E-state index in [-0.39, 0.29) is 5.91 Å². The molecule has 1 fully saturated rings. The number of nitrogens with zero attached hydrogens (tertiary/aromatic N) is 3. The van der Waals surface area contributed by atoms with Crippen LogP contribution in [0.25, 0.3) is 10.9 Å². The second-order valence-corrected chi connectivity index (χ2v) is 6.07. The Morgan fingerprint density at radius 2 is 2.27 bits per heavy atom. The summed E-state index contributed by atoms with van der Waals surface area (Å²) in [6.07, 6.45) is 2.29. The number of hydrogen-bond acceptors (Lipinski definition) is 4. The molecule has 118 valence electrons. The lowest BCUT2D eigenvalue weighted by atomic mass is 10.1. The molecule has 1 atom stereocenters. The van der Waals surface area contributed by atoms with E-state index in [1.807, 2.05) is 18.2 Å². The van der Waals surface area contributed by atoms with Gasteiger partial charge in [0.15, 0.2) is 0 Å². The number of hydrazine groups is 1. The minimum absolute atomic E-state index is 0.123. The molecule has 2 heterocycles. The van der Waals surface area contributed by atoms with Gasteiger partial charge in [0.25, 0.3) is 5.91 Å². The topological polar surface area (TPSA) is 62.2 Å². The normalized spacial score (nSPS) is 18.8. The van der Waals surface area contributed by atoms with E-state index in [0.717, 1.165) is 42.5 Å². The highest BCUT2D eigenvalue weighted by atomic mass is 16.2. The Labute approximate surface area is 130 Å². The first-order valence-corrected chi connectivity index (χ1v) is 7.75. The van der Waals surface area contributed by atoms with Crippen LogP contribution in [0.3, 0.4) is 0 Å². The number of rotatable bonds is 3. The quantitative estimate of drug-likeness (QED) is 0.843. The van der Waals surface area contributed by atoms with Gasteiger partial charge in [-0.25, -0.2) is 5.01 Å². The molecule has 6 heteroatoms. The fourth-order valence-electron chi connectivity index (χ4n) is 3.09. The largest absolute Gasteiger partial charge is 0.315 e. The van der Waals surface area contributed by atoms with Gasteiger partial charge in [0.05, 0.1) is 11.6 Å². The lowest BCUT2D eigenvalue weighted by molar-refractivity contribution is 0.0858. The zero-order valence-corrected chi connectivity index (χ0v) is 13.4. The van der Waals surface area contributed by atoms with Gasteiger partial charge in [-0.05, 0) is 32.4 Å². The standard InChI is InChI=1S/C16H23N5O/c1-11-13-7-4-8-14(16(22)19-20(2)3)15(13)18-21(11)12-6-5-9-17-10-12/h4,7-8,12,17H,5-6,9-10H2,1-3H3,(H,19,22). The van der Waals surface area contributed by atoms with Crippen molar-refractivity contribution >= 4 is 16.8 Å². The smallest absolute Gasteiger partial charge is 0.267 e. The maximum Gasteiger partial charge on any atom is 0.267 e. The molecule has 1 unspecified atom stereocenters. The monoisotopic (exact) mass is 301 g/mol. The highest BCUT2D eigenvalue weighted by molar-refractivity contribution is 6.05. The van der Waals surface area contributed by atoms with Gasteiger partial charge < -0.3 is 5.32 Å². The first kappa shape index (κ1) is 15.0. The number of hydrogen-bond donors (Lipinski definition) is 2. The van der Waals surface area contributed by atoms with Crippen molar-refractivity contribution in [1.82, 2.24) is 25.5 Å². The first-order chi connectivity index (χ1) is 10.6. The van der Waals surface area contributed by atoms with Crippen LogP contribution >= 0.6 is 0 Å². The van der Waals surface area contributed by atoms with Gasteiger partial charge in [-0.2, -0.15) is 5.10 Å². The Kier molecular flexibility index (Phi) is 4.13. The summed E-state index contributed by atoms with van der Waals surface area (Å²) in [6, 6.07) is 6.16. The van der Waals surface area contributed by atoms with Gasteiger partial charge in [-0.3, -0.25) is 14.9 Å². The highest BCUT2D eigenvalue weighted by Gasteiger charge is 2.21. The zero-order chi connectivity index (χ0) is 15.7. The molecule has 3 rings (SSSR count). The molecule has 6 nitrogen and oxygen atoms in total. The third kappa shape index (κ3) is 2.71. The van der Waals surface area contributed by atoms with Crippen molar-refractivity contribution in [3.8, 4) is 0 Å². The summed E-state index contributed by atoms with van der Waals surface area (Å²) in [7, 11) is 3.60. The lowest BCUT2D eigenvalue weighted by Crippen LogP contribution is -2.36. The summed E-state index contributed by atoms with van der Waals surface area (Å²) >= 11 is 0. The van der Waals surface area contributed by atoms with Crippen LogP contribution in [-0.4, -0.2) is 47.9 Å². The molecule has 0 aliphatic carbocycles. The summed E-state index contributed by atoms with van der Waals surface area (Å²) in [5.74, 6) is -0.123. The third-order valence-electron chi connectivity index (χ3n) is 4.16. The van der Waals surface area contributed by atoms with E-state index >= 15 is 0 Å². The number of carbonyl (C=O) groups is 1. The van der Waals surface area contributed by atoms with Crippen LogP contribution in [0, 0.1) is 6.92 Å². The SMILES string of the molecule is Cc1c2cccc(C(=O)NN(C)C)c2nn1C1CCCNC1. The Balaban J connectivity index is 2.03. The summed E-state index contributed by atoms with van der Waals surface area (Å²) in [6.45, 7) is 4.10. The second kappa shape index (κ2) is 6.06. The Hall–Kier alpha value is -1.92. The molecule has 2 aromatic rings. The molecule has 1 amide bonds. The number of piperidine rings is 1. The van der Waals surface area contributed by atoms with Crippen molar-refractivity contribution in [2.24, 2.45) is 0 Å². The van der Waals surface area contributed by atoms with E-state index in [1.165, 1.54) is 0 Å². The summed E-state index contributed by atoms with van der Waals surface area (Å²) in [4.78, 5) is 12.4. The van der Waals surface area contributed by atoms with Crippen LogP contribution < -0.4 is 10.7 Å². The van der Waals surface area contributed by atoms with Crippen LogP contribution in [0.1, 0.15) is 34.9 Å². The molecular formula is C16H23N5O. The van der Waals surface area contributed by atoms with Gasteiger partial charge in [0.1, 0.15) is 5.52 Å². The number of nitrogens with one attached hydrogen (secondary N) is 2. The van der Waals surface area contributed by atoms with Gasteiger partial charge in [-0.15, -0.1) is 0 Å². The zero-order valence-electron chi connectivity index (χ0n) is 13.4. The molecule has 0 bridgehead atoms. The van der Waals surface area contributed by atoms with Crippen LogP contribution in [0.5, 0.6) is 0 Å². The van der Waals surface area contributed by atoms with E-state index in [1.54, 1.807) is 19.1 Å². The number of aryl methyl sites for hydroxylation is 1. The van der Waals surface area contributed by atoms with E-state index < -0.39 is 0 Å². The molecule has 22 heavy (non-hydrogen) atoms. The van der Waals surface area contributed by atoms with Crippen molar-refractivity contribution in [2.75, 3.05) is 27.2 Å². The van der Waals surface area contributed by atoms with Crippen LogP contribution in [0.15, 0.2) is 18.2 Å². The van der Waals surface area contributed by atoms with Crippen LogP contribution in [0.4, 0.5) is 0 Å². The molecular weight excluding hydrogens is 278 g/mol. The minimum atomic E-state index is -0.123. The van der Waals surface area contributed by atoms with Crippen LogP contribution in [0.2, 0.25) is 0 Å². The number of fused-ring (bicyclic) bond motifs is 1. The summed E-state index contributed by atoms with van der Waals surface area (Å²) in [5, 5.41) is 10.9. The minimum Gasteiger partial charge on any atom is -0.315 e. The van der Waals surface area contributed by atoms with Crippen LogP contribution in [-0.2, 0) is 0 Å². The molecule has 1 saturated heterocycles. The highest BCUT2D eigenvalue weighted by Crippen LogP contribution is 2.26. The van der Waals surface area contributed by atoms with Crippen molar-refractivity contribution in [2.45, 2.75) is 25.8 Å². The average Bonchev–Trinajstić information content (AvgIpc) is 2.85.